The quantitative estimate of drug-likeness (QED) is 0.801. The summed E-state index contributed by atoms with van der Waals surface area (Å²) >= 11 is 0. The molecule has 0 aromatic carbocycles. The van der Waals surface area contributed by atoms with Gasteiger partial charge in [0.1, 0.15) is 0 Å². The number of aryl methyl sites for hydroxylation is 1. The Morgan fingerprint density at radius 2 is 2.29 bits per heavy atom. The van der Waals surface area contributed by atoms with Crippen LogP contribution in [0.1, 0.15) is 18.5 Å². The first-order valence-corrected chi connectivity index (χ1v) is 8.17. The standard InChI is InChI=1S/C12H20N4O4S/c1-9-6-11(20-2)14-12(13-9)15-21(18,19)16-5-3-4-10(7-16)8-17/h6,10,17H,3-5,7-8H2,1-2H3,(H,13,14,15). The molecule has 0 radical (unpaired) electrons. The number of methoxy groups -OCH3 is 1. The van der Waals surface area contributed by atoms with Crippen LogP contribution >= 0.6 is 0 Å². The smallest absolute Gasteiger partial charge is 0.303 e. The second-order valence-electron chi connectivity index (χ2n) is 5.03. The first kappa shape index (κ1) is 15.9. The maximum absolute atomic E-state index is 12.3. The van der Waals surface area contributed by atoms with Crippen molar-refractivity contribution in [2.75, 3.05) is 31.5 Å². The maximum Gasteiger partial charge on any atom is 0.303 e. The molecule has 1 saturated heterocycles. The number of aliphatic hydroxyl groups is 1. The number of rotatable bonds is 5. The molecule has 21 heavy (non-hydrogen) atoms. The molecule has 1 atom stereocenters. The number of nitrogens with zero attached hydrogens (tertiary/aromatic N) is 3. The van der Waals surface area contributed by atoms with Crippen LogP contribution in [0, 0.1) is 12.8 Å². The zero-order chi connectivity index (χ0) is 15.5. The predicted octanol–water partition coefficient (Wildman–Crippen LogP) is 0.155. The zero-order valence-corrected chi connectivity index (χ0v) is 12.9. The Bertz CT molecular complexity index is 593. The number of hydrogen-bond acceptors (Lipinski definition) is 6. The van der Waals surface area contributed by atoms with Crippen LogP contribution in [-0.2, 0) is 10.2 Å². The molecule has 9 heteroatoms. The highest BCUT2D eigenvalue weighted by atomic mass is 32.2. The SMILES string of the molecule is COc1cc(C)nc(NS(=O)(=O)N2CCCC(CO)C2)n1. The third-order valence-electron chi connectivity index (χ3n) is 3.34. The highest BCUT2D eigenvalue weighted by Gasteiger charge is 2.29. The molecule has 0 spiro atoms. The van der Waals surface area contributed by atoms with Crippen molar-refractivity contribution in [2.45, 2.75) is 19.8 Å². The molecule has 1 aliphatic rings. The summed E-state index contributed by atoms with van der Waals surface area (Å²) in [5, 5.41) is 9.19. The lowest BCUT2D eigenvalue weighted by Gasteiger charge is -2.30. The Morgan fingerprint density at radius 3 is 2.95 bits per heavy atom. The fourth-order valence-electron chi connectivity index (χ4n) is 2.26. The van der Waals surface area contributed by atoms with E-state index >= 15 is 0 Å². The van der Waals surface area contributed by atoms with Gasteiger partial charge in [-0.05, 0) is 25.7 Å². The van der Waals surface area contributed by atoms with Crippen molar-refractivity contribution in [3.63, 3.8) is 0 Å². The Hall–Kier alpha value is -1.45. The summed E-state index contributed by atoms with van der Waals surface area (Å²) < 4.78 is 33.4. The van der Waals surface area contributed by atoms with E-state index in [1.807, 2.05) is 0 Å². The van der Waals surface area contributed by atoms with Gasteiger partial charge in [-0.1, -0.05) is 0 Å². The van der Waals surface area contributed by atoms with E-state index in [0.29, 0.717) is 24.7 Å². The largest absolute Gasteiger partial charge is 0.481 e. The van der Waals surface area contributed by atoms with Crippen LogP contribution in [0.25, 0.3) is 0 Å². The molecule has 0 aliphatic carbocycles. The van der Waals surface area contributed by atoms with Gasteiger partial charge < -0.3 is 9.84 Å². The van der Waals surface area contributed by atoms with E-state index in [1.54, 1.807) is 13.0 Å². The molecule has 118 valence electrons. The van der Waals surface area contributed by atoms with E-state index in [-0.39, 0.29) is 18.5 Å². The van der Waals surface area contributed by atoms with Crippen molar-refractivity contribution < 1.29 is 18.3 Å². The lowest BCUT2D eigenvalue weighted by atomic mass is 10.0. The second kappa shape index (κ2) is 6.54. The van der Waals surface area contributed by atoms with Crippen LogP contribution in [0.3, 0.4) is 0 Å². The molecule has 2 N–H and O–H groups in total. The minimum Gasteiger partial charge on any atom is -0.481 e. The lowest BCUT2D eigenvalue weighted by molar-refractivity contribution is 0.166. The number of hydrogen-bond donors (Lipinski definition) is 2. The van der Waals surface area contributed by atoms with Gasteiger partial charge in [0, 0.05) is 31.5 Å². The molecule has 2 rings (SSSR count). The van der Waals surface area contributed by atoms with Crippen molar-refractivity contribution in [3.8, 4) is 5.88 Å². The van der Waals surface area contributed by atoms with Crippen LogP contribution < -0.4 is 9.46 Å². The third-order valence-corrected chi connectivity index (χ3v) is 4.79. The van der Waals surface area contributed by atoms with E-state index in [1.165, 1.54) is 11.4 Å². The fourth-order valence-corrected chi connectivity index (χ4v) is 3.49. The molecule has 0 amide bonds. The van der Waals surface area contributed by atoms with Crippen LogP contribution in [-0.4, -0.2) is 54.6 Å². The molecule has 1 fully saturated rings. The highest BCUT2D eigenvalue weighted by molar-refractivity contribution is 7.90. The van der Waals surface area contributed by atoms with Crippen molar-refractivity contribution in [1.82, 2.24) is 14.3 Å². The zero-order valence-electron chi connectivity index (χ0n) is 12.1. The van der Waals surface area contributed by atoms with E-state index in [4.69, 9.17) is 4.74 Å². The second-order valence-corrected chi connectivity index (χ2v) is 6.70. The third kappa shape index (κ3) is 4.02. The monoisotopic (exact) mass is 316 g/mol. The van der Waals surface area contributed by atoms with Crippen molar-refractivity contribution in [2.24, 2.45) is 5.92 Å². The average Bonchev–Trinajstić information content (AvgIpc) is 2.46. The summed E-state index contributed by atoms with van der Waals surface area (Å²) in [6, 6.07) is 1.61. The van der Waals surface area contributed by atoms with Gasteiger partial charge in [0.2, 0.25) is 11.8 Å². The molecular formula is C12H20N4O4S. The van der Waals surface area contributed by atoms with Crippen LogP contribution in [0.2, 0.25) is 0 Å². The number of ether oxygens (including phenoxy) is 1. The van der Waals surface area contributed by atoms with Gasteiger partial charge in [-0.2, -0.15) is 17.7 Å². The Labute approximate surface area is 124 Å². The van der Waals surface area contributed by atoms with Gasteiger partial charge in [0.05, 0.1) is 7.11 Å². The normalized spacial score (nSPS) is 20.2. The van der Waals surface area contributed by atoms with E-state index in [2.05, 4.69) is 14.7 Å². The summed E-state index contributed by atoms with van der Waals surface area (Å²) in [7, 11) is -2.27. The summed E-state index contributed by atoms with van der Waals surface area (Å²) in [6.07, 6.45) is 1.56. The van der Waals surface area contributed by atoms with Gasteiger partial charge in [0.25, 0.3) is 0 Å². The Balaban J connectivity index is 2.15. The fraction of sp³-hybridized carbons (Fsp3) is 0.667. The van der Waals surface area contributed by atoms with Crippen LogP contribution in [0.4, 0.5) is 5.95 Å². The summed E-state index contributed by atoms with van der Waals surface area (Å²) in [5.74, 6) is 0.258. The van der Waals surface area contributed by atoms with E-state index < -0.39 is 10.2 Å². The Kier molecular flexibility index (Phi) is 4.96. The maximum atomic E-state index is 12.3. The molecule has 1 aromatic rings. The Morgan fingerprint density at radius 1 is 1.52 bits per heavy atom. The molecule has 1 aromatic heterocycles. The first-order valence-electron chi connectivity index (χ1n) is 6.73. The van der Waals surface area contributed by atoms with E-state index in [9.17, 15) is 13.5 Å². The topological polar surface area (TPSA) is 105 Å². The summed E-state index contributed by atoms with van der Waals surface area (Å²) in [4.78, 5) is 8.02. The molecule has 1 unspecified atom stereocenters. The van der Waals surface area contributed by atoms with Gasteiger partial charge in [-0.3, -0.25) is 0 Å². The van der Waals surface area contributed by atoms with Gasteiger partial charge in [0.15, 0.2) is 0 Å². The number of anilines is 1. The van der Waals surface area contributed by atoms with Crippen LogP contribution in [0.5, 0.6) is 5.88 Å². The summed E-state index contributed by atoms with van der Waals surface area (Å²) in [5.41, 5.74) is 0.603. The van der Waals surface area contributed by atoms with Gasteiger partial charge >= 0.3 is 10.2 Å². The molecule has 8 nitrogen and oxygen atoms in total. The predicted molar refractivity (Wildman–Crippen MR) is 77.2 cm³/mol. The number of nitrogens with one attached hydrogen (secondary N) is 1. The number of aromatic nitrogens is 2. The molecule has 0 bridgehead atoms. The highest BCUT2D eigenvalue weighted by Crippen LogP contribution is 2.20. The lowest BCUT2D eigenvalue weighted by Crippen LogP contribution is -2.43. The molecule has 0 saturated carbocycles. The van der Waals surface area contributed by atoms with E-state index in [0.717, 1.165) is 12.8 Å². The minimum atomic E-state index is -3.73. The molecular weight excluding hydrogens is 296 g/mol. The van der Waals surface area contributed by atoms with Crippen molar-refractivity contribution in [3.05, 3.63) is 11.8 Å². The summed E-state index contributed by atoms with van der Waals surface area (Å²) in [6.45, 7) is 2.44. The first-order chi connectivity index (χ1) is 9.94. The molecule has 1 aliphatic heterocycles. The minimum absolute atomic E-state index is 0.0131. The number of aliphatic hydroxyl groups excluding tert-OH is 1. The van der Waals surface area contributed by atoms with Crippen LogP contribution in [0.15, 0.2) is 6.07 Å². The van der Waals surface area contributed by atoms with Crippen molar-refractivity contribution >= 4 is 16.2 Å². The number of piperidine rings is 1. The molecule has 2 heterocycles. The van der Waals surface area contributed by atoms with Gasteiger partial charge in [-0.25, -0.2) is 9.71 Å². The van der Waals surface area contributed by atoms with Gasteiger partial charge in [-0.15, -0.1) is 0 Å². The van der Waals surface area contributed by atoms with Crippen molar-refractivity contribution in [1.29, 1.82) is 0 Å². The average molecular weight is 316 g/mol.